The average molecular weight is 282 g/mol. The highest BCUT2D eigenvalue weighted by molar-refractivity contribution is 7.15. The van der Waals surface area contributed by atoms with Crippen LogP contribution in [0.2, 0.25) is 0 Å². The lowest BCUT2D eigenvalue weighted by Crippen LogP contribution is -2.36. The van der Waals surface area contributed by atoms with Crippen LogP contribution in [0, 0.1) is 0 Å². The number of rotatable bonds is 3. The fourth-order valence-electron chi connectivity index (χ4n) is 1.71. The third kappa shape index (κ3) is 2.93. The largest absolute Gasteiger partial charge is 0.419 e. The molecule has 1 atom stereocenters. The van der Waals surface area contributed by atoms with E-state index in [9.17, 15) is 13.2 Å². The van der Waals surface area contributed by atoms with Gasteiger partial charge < -0.3 is 14.4 Å². The van der Waals surface area contributed by atoms with Crippen molar-refractivity contribution < 1.29 is 22.6 Å². The molecular weight excluding hydrogens is 269 g/mol. The highest BCUT2D eigenvalue weighted by atomic mass is 32.1. The van der Waals surface area contributed by atoms with Crippen molar-refractivity contribution in [3.63, 3.8) is 0 Å². The lowest BCUT2D eigenvalue weighted by molar-refractivity contribution is -0.214. The van der Waals surface area contributed by atoms with Gasteiger partial charge in [0.2, 0.25) is 0 Å². The van der Waals surface area contributed by atoms with Crippen LogP contribution in [0.5, 0.6) is 0 Å². The van der Waals surface area contributed by atoms with E-state index in [2.05, 4.69) is 9.72 Å². The molecule has 102 valence electrons. The summed E-state index contributed by atoms with van der Waals surface area (Å²) < 4.78 is 47.7. The van der Waals surface area contributed by atoms with E-state index in [1.165, 1.54) is 6.20 Å². The van der Waals surface area contributed by atoms with Crippen molar-refractivity contribution in [3.8, 4) is 0 Å². The average Bonchev–Trinajstić information content (AvgIpc) is 2.78. The minimum Gasteiger partial charge on any atom is -0.378 e. The van der Waals surface area contributed by atoms with Crippen LogP contribution in [0.3, 0.4) is 0 Å². The van der Waals surface area contributed by atoms with Gasteiger partial charge in [0.1, 0.15) is 0 Å². The highest BCUT2D eigenvalue weighted by Crippen LogP contribution is 2.39. The first-order valence-electron chi connectivity index (χ1n) is 5.40. The predicted molar refractivity (Wildman–Crippen MR) is 61.0 cm³/mol. The summed E-state index contributed by atoms with van der Waals surface area (Å²) in [6.07, 6.45) is -5.08. The fraction of sp³-hybridized carbons (Fsp3) is 0.700. The van der Waals surface area contributed by atoms with Crippen molar-refractivity contribution in [2.24, 2.45) is 0 Å². The number of hydrogen-bond acceptors (Lipinski definition) is 5. The van der Waals surface area contributed by atoms with Crippen LogP contribution in [0.25, 0.3) is 0 Å². The number of aromatic nitrogens is 1. The molecule has 2 rings (SSSR count). The van der Waals surface area contributed by atoms with E-state index in [1.807, 2.05) is 4.90 Å². The predicted octanol–water partition coefficient (Wildman–Crippen LogP) is 2.23. The molecule has 1 aromatic heterocycles. The molecule has 1 aliphatic rings. The first-order valence-corrected chi connectivity index (χ1v) is 6.22. The second kappa shape index (κ2) is 5.41. The van der Waals surface area contributed by atoms with Gasteiger partial charge in [0.15, 0.2) is 11.2 Å². The topological polar surface area (TPSA) is 34.6 Å². The van der Waals surface area contributed by atoms with Gasteiger partial charge in [-0.25, -0.2) is 4.98 Å². The van der Waals surface area contributed by atoms with Gasteiger partial charge in [-0.3, -0.25) is 0 Å². The van der Waals surface area contributed by atoms with Crippen molar-refractivity contribution in [2.75, 3.05) is 38.3 Å². The van der Waals surface area contributed by atoms with Crippen LogP contribution < -0.4 is 4.90 Å². The Morgan fingerprint density at radius 3 is 2.67 bits per heavy atom. The summed E-state index contributed by atoms with van der Waals surface area (Å²) in [5.74, 6) is 0. The zero-order valence-corrected chi connectivity index (χ0v) is 10.6. The lowest BCUT2D eigenvalue weighted by atomic mass is 10.3. The van der Waals surface area contributed by atoms with Gasteiger partial charge in [0.05, 0.1) is 18.1 Å². The number of ether oxygens (including phenoxy) is 2. The second-order valence-electron chi connectivity index (χ2n) is 3.80. The zero-order chi connectivity index (χ0) is 13.2. The third-order valence-electron chi connectivity index (χ3n) is 2.58. The second-order valence-corrected chi connectivity index (χ2v) is 4.84. The Balaban J connectivity index is 2.13. The van der Waals surface area contributed by atoms with Gasteiger partial charge in [-0.2, -0.15) is 13.2 Å². The number of anilines is 1. The molecule has 1 unspecified atom stereocenters. The molecule has 0 amide bonds. The minimum absolute atomic E-state index is 0.0755. The lowest BCUT2D eigenvalue weighted by Gasteiger charge is -2.26. The standard InChI is InChI=1S/C10H13F3N2O2S/c1-16-8(10(11,12)13)7-6-14-9(18-7)15-2-4-17-5-3-15/h6,8H,2-5H2,1H3. The molecule has 0 aliphatic carbocycles. The van der Waals surface area contributed by atoms with Gasteiger partial charge in [-0.15, -0.1) is 0 Å². The Kier molecular flexibility index (Phi) is 4.08. The van der Waals surface area contributed by atoms with E-state index in [0.717, 1.165) is 18.4 Å². The van der Waals surface area contributed by atoms with Gasteiger partial charge in [0, 0.05) is 26.4 Å². The Bertz CT molecular complexity index is 391. The van der Waals surface area contributed by atoms with E-state index in [0.29, 0.717) is 31.4 Å². The Morgan fingerprint density at radius 1 is 1.44 bits per heavy atom. The van der Waals surface area contributed by atoms with E-state index >= 15 is 0 Å². The summed E-state index contributed by atoms with van der Waals surface area (Å²) in [5, 5.41) is 0.583. The maximum atomic E-state index is 12.7. The van der Waals surface area contributed by atoms with Crippen molar-refractivity contribution >= 4 is 16.5 Å². The smallest absolute Gasteiger partial charge is 0.378 e. The first kappa shape index (κ1) is 13.6. The summed E-state index contributed by atoms with van der Waals surface area (Å²) in [7, 11) is 1.05. The van der Waals surface area contributed by atoms with Crippen molar-refractivity contribution in [2.45, 2.75) is 12.3 Å². The number of methoxy groups -OCH3 is 1. The molecule has 0 spiro atoms. The highest BCUT2D eigenvalue weighted by Gasteiger charge is 2.42. The molecule has 1 aliphatic heterocycles. The number of thiazole rings is 1. The number of halogens is 3. The normalized spacial score (nSPS) is 19.0. The molecule has 2 heterocycles. The molecule has 0 N–H and O–H groups in total. The number of nitrogens with zero attached hydrogens (tertiary/aromatic N) is 2. The summed E-state index contributed by atoms with van der Waals surface area (Å²) in [6.45, 7) is 2.44. The van der Waals surface area contributed by atoms with E-state index in [1.54, 1.807) is 0 Å². The van der Waals surface area contributed by atoms with Crippen molar-refractivity contribution in [1.82, 2.24) is 4.98 Å². The summed E-state index contributed by atoms with van der Waals surface area (Å²) in [6, 6.07) is 0. The molecule has 0 bridgehead atoms. The molecule has 0 saturated carbocycles. The quantitative estimate of drug-likeness (QED) is 0.851. The summed E-state index contributed by atoms with van der Waals surface area (Å²) in [4.78, 5) is 6.02. The molecule has 1 fully saturated rings. The van der Waals surface area contributed by atoms with Gasteiger partial charge in [-0.05, 0) is 0 Å². The molecular formula is C10H13F3N2O2S. The maximum Gasteiger partial charge on any atom is 0.419 e. The number of alkyl halides is 3. The Labute approximate surface area is 106 Å². The Hall–Kier alpha value is -0.860. The molecule has 8 heteroatoms. The summed E-state index contributed by atoms with van der Waals surface area (Å²) >= 11 is 1.01. The maximum absolute atomic E-state index is 12.7. The molecule has 1 aromatic rings. The van der Waals surface area contributed by atoms with Crippen molar-refractivity contribution in [3.05, 3.63) is 11.1 Å². The van der Waals surface area contributed by atoms with Gasteiger partial charge in [-0.1, -0.05) is 11.3 Å². The molecule has 1 saturated heterocycles. The third-order valence-corrected chi connectivity index (χ3v) is 3.69. The molecule has 0 radical (unpaired) electrons. The molecule has 0 aromatic carbocycles. The van der Waals surface area contributed by atoms with Crippen molar-refractivity contribution in [1.29, 1.82) is 0 Å². The Morgan fingerprint density at radius 2 is 2.11 bits per heavy atom. The van der Waals surface area contributed by atoms with Crippen LogP contribution in [-0.4, -0.2) is 44.6 Å². The van der Waals surface area contributed by atoms with E-state index in [4.69, 9.17) is 4.74 Å². The van der Waals surface area contributed by atoms with E-state index < -0.39 is 12.3 Å². The SMILES string of the molecule is COC(c1cnc(N2CCOCC2)s1)C(F)(F)F. The van der Waals surface area contributed by atoms with Crippen LogP contribution in [-0.2, 0) is 9.47 Å². The number of morpholine rings is 1. The molecule has 18 heavy (non-hydrogen) atoms. The van der Waals surface area contributed by atoms with Crippen LogP contribution in [0.1, 0.15) is 11.0 Å². The van der Waals surface area contributed by atoms with E-state index in [-0.39, 0.29) is 4.88 Å². The van der Waals surface area contributed by atoms with Gasteiger partial charge >= 0.3 is 6.18 Å². The summed E-state index contributed by atoms with van der Waals surface area (Å²) in [5.41, 5.74) is 0. The minimum atomic E-state index is -4.41. The fourth-order valence-corrected chi connectivity index (χ4v) is 2.78. The van der Waals surface area contributed by atoms with Crippen LogP contribution in [0.4, 0.5) is 18.3 Å². The zero-order valence-electron chi connectivity index (χ0n) is 9.74. The van der Waals surface area contributed by atoms with Gasteiger partial charge in [0.25, 0.3) is 0 Å². The molecule has 4 nitrogen and oxygen atoms in total. The van der Waals surface area contributed by atoms with Crippen LogP contribution >= 0.6 is 11.3 Å². The monoisotopic (exact) mass is 282 g/mol. The first-order chi connectivity index (χ1) is 8.52. The number of hydrogen-bond donors (Lipinski definition) is 0. The van der Waals surface area contributed by atoms with Crippen LogP contribution in [0.15, 0.2) is 6.20 Å².